The summed E-state index contributed by atoms with van der Waals surface area (Å²) < 4.78 is 0. The van der Waals surface area contributed by atoms with Gasteiger partial charge in [-0.25, -0.2) is 0 Å². The molecule has 3 rings (SSSR count). The molecule has 23 heavy (non-hydrogen) atoms. The maximum Gasteiger partial charge on any atom is 0.265 e. The first-order valence-electron chi connectivity index (χ1n) is 6.57. The van der Waals surface area contributed by atoms with Gasteiger partial charge in [-0.2, -0.15) is 0 Å². The average molecular weight is 349 g/mol. The van der Waals surface area contributed by atoms with E-state index in [4.69, 9.17) is 23.2 Å². The Labute approximate surface area is 140 Å². The van der Waals surface area contributed by atoms with Crippen LogP contribution in [0.5, 0.6) is 5.75 Å². The number of hydrogen-bond acceptors (Lipinski definition) is 3. The van der Waals surface area contributed by atoms with Crippen LogP contribution in [0.3, 0.4) is 0 Å². The number of benzene rings is 2. The standard InChI is InChI=1S/C16H10Cl2N2O3/c17-8-2-1-3-10(6-8)19-15(22)13-14(21)11-5-4-9(18)7-12(11)20-16(13)23/h1-7H,(H,19,22)(H2,20,21,23). The van der Waals surface area contributed by atoms with E-state index in [0.717, 1.165) is 0 Å². The number of nitrogens with one attached hydrogen (secondary N) is 2. The fourth-order valence-corrected chi connectivity index (χ4v) is 2.59. The Morgan fingerprint density at radius 3 is 2.57 bits per heavy atom. The molecule has 3 N–H and O–H groups in total. The van der Waals surface area contributed by atoms with Crippen molar-refractivity contribution in [3.8, 4) is 5.75 Å². The summed E-state index contributed by atoms with van der Waals surface area (Å²) in [6.45, 7) is 0. The van der Waals surface area contributed by atoms with Gasteiger partial charge in [-0.1, -0.05) is 29.3 Å². The molecule has 3 aromatic rings. The molecule has 7 heteroatoms. The van der Waals surface area contributed by atoms with Crippen LogP contribution in [0.2, 0.25) is 10.0 Å². The van der Waals surface area contributed by atoms with Crippen LogP contribution in [0, 0.1) is 0 Å². The lowest BCUT2D eigenvalue weighted by Crippen LogP contribution is -2.23. The fourth-order valence-electron chi connectivity index (χ4n) is 2.22. The van der Waals surface area contributed by atoms with Crippen molar-refractivity contribution in [2.24, 2.45) is 0 Å². The number of fused-ring (bicyclic) bond motifs is 1. The van der Waals surface area contributed by atoms with Crippen molar-refractivity contribution < 1.29 is 9.90 Å². The third-order valence-electron chi connectivity index (χ3n) is 3.26. The van der Waals surface area contributed by atoms with Crippen LogP contribution >= 0.6 is 23.2 Å². The molecule has 1 heterocycles. The molecule has 0 aliphatic carbocycles. The van der Waals surface area contributed by atoms with Crippen molar-refractivity contribution >= 4 is 45.7 Å². The van der Waals surface area contributed by atoms with Gasteiger partial charge in [-0.05, 0) is 36.4 Å². The molecule has 0 bridgehead atoms. The molecule has 0 unspecified atom stereocenters. The number of rotatable bonds is 2. The van der Waals surface area contributed by atoms with Gasteiger partial charge in [0.25, 0.3) is 11.5 Å². The van der Waals surface area contributed by atoms with Gasteiger partial charge in [-0.3, -0.25) is 9.59 Å². The maximum atomic E-state index is 12.3. The van der Waals surface area contributed by atoms with Crippen LogP contribution in [0.1, 0.15) is 10.4 Å². The van der Waals surface area contributed by atoms with Gasteiger partial charge < -0.3 is 15.4 Å². The molecule has 5 nitrogen and oxygen atoms in total. The Morgan fingerprint density at radius 2 is 1.83 bits per heavy atom. The van der Waals surface area contributed by atoms with E-state index in [1.165, 1.54) is 18.2 Å². The normalized spacial score (nSPS) is 10.7. The molecule has 0 aliphatic heterocycles. The van der Waals surface area contributed by atoms with E-state index in [0.29, 0.717) is 26.6 Å². The first kappa shape index (κ1) is 15.4. The molecule has 2 aromatic carbocycles. The highest BCUT2D eigenvalue weighted by atomic mass is 35.5. The van der Waals surface area contributed by atoms with Gasteiger partial charge >= 0.3 is 0 Å². The van der Waals surface area contributed by atoms with Crippen molar-refractivity contribution in [2.45, 2.75) is 0 Å². The van der Waals surface area contributed by atoms with Gasteiger partial charge in [0.05, 0.1) is 5.52 Å². The predicted molar refractivity (Wildman–Crippen MR) is 90.6 cm³/mol. The highest BCUT2D eigenvalue weighted by Crippen LogP contribution is 2.27. The first-order valence-corrected chi connectivity index (χ1v) is 7.33. The Bertz CT molecular complexity index is 983. The zero-order valence-electron chi connectivity index (χ0n) is 11.6. The molecule has 1 amide bonds. The summed E-state index contributed by atoms with van der Waals surface area (Å²) >= 11 is 11.7. The first-order chi connectivity index (χ1) is 11.0. The van der Waals surface area contributed by atoms with Crippen molar-refractivity contribution in [1.82, 2.24) is 4.98 Å². The molecule has 0 aliphatic rings. The van der Waals surface area contributed by atoms with E-state index in [1.807, 2.05) is 0 Å². The second-order valence-corrected chi connectivity index (χ2v) is 5.70. The lowest BCUT2D eigenvalue weighted by Gasteiger charge is -2.09. The molecule has 0 atom stereocenters. The van der Waals surface area contributed by atoms with E-state index in [2.05, 4.69) is 10.3 Å². The van der Waals surface area contributed by atoms with Crippen LogP contribution in [0.15, 0.2) is 47.3 Å². The van der Waals surface area contributed by atoms with E-state index in [9.17, 15) is 14.7 Å². The highest BCUT2D eigenvalue weighted by Gasteiger charge is 2.19. The molecule has 0 radical (unpaired) electrons. The van der Waals surface area contributed by atoms with Crippen LogP contribution < -0.4 is 10.9 Å². The second kappa shape index (κ2) is 5.95. The number of anilines is 1. The number of aromatic amines is 1. The molecule has 0 saturated carbocycles. The molecule has 0 spiro atoms. The number of halogens is 2. The third kappa shape index (κ3) is 3.02. The van der Waals surface area contributed by atoms with E-state index >= 15 is 0 Å². The van der Waals surface area contributed by atoms with Crippen molar-refractivity contribution in [3.63, 3.8) is 0 Å². The molecule has 1 aromatic heterocycles. The third-order valence-corrected chi connectivity index (χ3v) is 3.73. The summed E-state index contributed by atoms with van der Waals surface area (Å²) in [5.41, 5.74) is -0.326. The van der Waals surface area contributed by atoms with Crippen molar-refractivity contribution in [1.29, 1.82) is 0 Å². The topological polar surface area (TPSA) is 82.2 Å². The molecular formula is C16H10Cl2N2O3. The molecule has 0 fully saturated rings. The van der Waals surface area contributed by atoms with Crippen LogP contribution in [-0.4, -0.2) is 16.0 Å². The minimum absolute atomic E-state index is 0.324. The monoisotopic (exact) mass is 348 g/mol. The van der Waals surface area contributed by atoms with Crippen LogP contribution in [0.4, 0.5) is 5.69 Å². The van der Waals surface area contributed by atoms with Crippen LogP contribution in [0.25, 0.3) is 10.9 Å². The number of hydrogen-bond donors (Lipinski definition) is 3. The largest absolute Gasteiger partial charge is 0.506 e. The minimum atomic E-state index is -0.733. The number of aromatic hydroxyl groups is 1. The van der Waals surface area contributed by atoms with Gasteiger partial charge in [0.15, 0.2) is 0 Å². The average Bonchev–Trinajstić information content (AvgIpc) is 2.46. The zero-order valence-corrected chi connectivity index (χ0v) is 13.1. The van der Waals surface area contributed by atoms with E-state index in [1.54, 1.807) is 24.3 Å². The summed E-state index contributed by atoms with van der Waals surface area (Å²) in [5.74, 6) is -1.14. The van der Waals surface area contributed by atoms with E-state index < -0.39 is 17.2 Å². The molecular weight excluding hydrogens is 339 g/mol. The van der Waals surface area contributed by atoms with E-state index in [-0.39, 0.29) is 5.56 Å². The lowest BCUT2D eigenvalue weighted by atomic mass is 10.1. The maximum absolute atomic E-state index is 12.3. The molecule has 116 valence electrons. The summed E-state index contributed by atoms with van der Waals surface area (Å²) in [6, 6.07) is 11.0. The predicted octanol–water partition coefficient (Wildman–Crippen LogP) is 3.79. The van der Waals surface area contributed by atoms with Gasteiger partial charge in [0.1, 0.15) is 11.3 Å². The number of carbonyl (C=O) groups is 1. The zero-order chi connectivity index (χ0) is 16.6. The van der Waals surface area contributed by atoms with Gasteiger partial charge in [0, 0.05) is 21.1 Å². The lowest BCUT2D eigenvalue weighted by molar-refractivity contribution is 0.102. The Morgan fingerprint density at radius 1 is 1.09 bits per heavy atom. The van der Waals surface area contributed by atoms with Crippen molar-refractivity contribution in [3.05, 3.63) is 68.4 Å². The number of pyridine rings is 1. The number of amides is 1. The quantitative estimate of drug-likeness (QED) is 0.658. The van der Waals surface area contributed by atoms with Gasteiger partial charge in [0.2, 0.25) is 0 Å². The Kier molecular flexibility index (Phi) is 3.98. The fraction of sp³-hybridized carbons (Fsp3) is 0. The minimum Gasteiger partial charge on any atom is -0.506 e. The summed E-state index contributed by atoms with van der Waals surface area (Å²) in [4.78, 5) is 27.0. The Balaban J connectivity index is 2.07. The Hall–Kier alpha value is -2.50. The number of carbonyl (C=O) groups excluding carboxylic acids is 1. The number of H-pyrrole nitrogens is 1. The van der Waals surface area contributed by atoms with Crippen LogP contribution in [-0.2, 0) is 0 Å². The van der Waals surface area contributed by atoms with Gasteiger partial charge in [-0.15, -0.1) is 0 Å². The summed E-state index contributed by atoms with van der Waals surface area (Å²) in [7, 11) is 0. The van der Waals surface area contributed by atoms with Crippen molar-refractivity contribution in [2.75, 3.05) is 5.32 Å². The summed E-state index contributed by atoms with van der Waals surface area (Å²) in [5, 5.41) is 14.0. The second-order valence-electron chi connectivity index (χ2n) is 4.83. The molecule has 0 saturated heterocycles. The number of aromatic nitrogens is 1. The summed E-state index contributed by atoms with van der Waals surface area (Å²) in [6.07, 6.45) is 0. The smallest absolute Gasteiger partial charge is 0.265 e. The highest BCUT2D eigenvalue weighted by molar-refractivity contribution is 6.31. The SMILES string of the molecule is O=C(Nc1cccc(Cl)c1)c1c(O)c2ccc(Cl)cc2[nH]c1=O.